The third-order valence-corrected chi connectivity index (χ3v) is 3.88. The van der Waals surface area contributed by atoms with E-state index >= 15 is 0 Å². The molecule has 0 nitrogen and oxygen atoms in total. The molecule has 0 aliphatic heterocycles. The third-order valence-electron chi connectivity index (χ3n) is 3.20. The minimum absolute atomic E-state index is 0.740. The van der Waals surface area contributed by atoms with Gasteiger partial charge in [-0.3, -0.25) is 0 Å². The minimum Gasteiger partial charge on any atom is -0.176 e. The van der Waals surface area contributed by atoms with Crippen molar-refractivity contribution < 1.29 is 0 Å². The van der Waals surface area contributed by atoms with Crippen LogP contribution in [0.4, 0.5) is 0 Å². The van der Waals surface area contributed by atoms with Crippen LogP contribution in [0.25, 0.3) is 0 Å². The van der Waals surface area contributed by atoms with Gasteiger partial charge in [0.25, 0.3) is 0 Å². The van der Waals surface area contributed by atoms with E-state index in [1.165, 1.54) is 44.9 Å². The standard InChI is InChI=1S/C10H18S/c11-10-4-2-1-3-9(10)7-8-5-6-8/h8-11H,1-7H2. The van der Waals surface area contributed by atoms with Crippen LogP contribution in [0.5, 0.6) is 0 Å². The van der Waals surface area contributed by atoms with Gasteiger partial charge in [-0.05, 0) is 31.1 Å². The Morgan fingerprint density at radius 3 is 2.36 bits per heavy atom. The molecule has 0 aromatic heterocycles. The fourth-order valence-corrected chi connectivity index (χ4v) is 2.70. The van der Waals surface area contributed by atoms with E-state index in [4.69, 9.17) is 0 Å². The molecule has 0 saturated heterocycles. The molecule has 2 rings (SSSR count). The zero-order valence-electron chi connectivity index (χ0n) is 7.13. The fourth-order valence-electron chi connectivity index (χ4n) is 2.24. The Balaban J connectivity index is 1.78. The molecule has 2 unspecified atom stereocenters. The van der Waals surface area contributed by atoms with Gasteiger partial charge >= 0.3 is 0 Å². The van der Waals surface area contributed by atoms with Crippen molar-refractivity contribution in [2.45, 2.75) is 50.2 Å². The van der Waals surface area contributed by atoms with Gasteiger partial charge in [-0.1, -0.05) is 25.7 Å². The Hall–Kier alpha value is 0.350. The molecule has 0 amide bonds. The van der Waals surface area contributed by atoms with Crippen LogP contribution < -0.4 is 0 Å². The molecule has 0 N–H and O–H groups in total. The van der Waals surface area contributed by atoms with Gasteiger partial charge in [0.2, 0.25) is 0 Å². The smallest absolute Gasteiger partial charge is 0.00451 e. The second kappa shape index (κ2) is 3.38. The maximum atomic E-state index is 4.66. The van der Waals surface area contributed by atoms with Gasteiger partial charge in [0.15, 0.2) is 0 Å². The van der Waals surface area contributed by atoms with Crippen molar-refractivity contribution in [1.29, 1.82) is 0 Å². The second-order valence-corrected chi connectivity index (χ2v) is 4.95. The van der Waals surface area contributed by atoms with Gasteiger partial charge in [0.05, 0.1) is 0 Å². The number of hydrogen-bond acceptors (Lipinski definition) is 1. The van der Waals surface area contributed by atoms with E-state index in [9.17, 15) is 0 Å². The highest BCUT2D eigenvalue weighted by molar-refractivity contribution is 7.81. The molecule has 0 radical (unpaired) electrons. The monoisotopic (exact) mass is 170 g/mol. The van der Waals surface area contributed by atoms with Crippen molar-refractivity contribution in [2.75, 3.05) is 0 Å². The fraction of sp³-hybridized carbons (Fsp3) is 1.00. The Morgan fingerprint density at radius 1 is 1.00 bits per heavy atom. The summed E-state index contributed by atoms with van der Waals surface area (Å²) in [4.78, 5) is 0. The number of rotatable bonds is 2. The first-order valence-electron chi connectivity index (χ1n) is 5.04. The molecule has 11 heavy (non-hydrogen) atoms. The number of hydrogen-bond donors (Lipinski definition) is 1. The normalized spacial score (nSPS) is 39.0. The Kier molecular flexibility index (Phi) is 2.45. The van der Waals surface area contributed by atoms with Crippen molar-refractivity contribution >= 4 is 12.6 Å². The summed E-state index contributed by atoms with van der Waals surface area (Å²) < 4.78 is 0. The lowest BCUT2D eigenvalue weighted by molar-refractivity contribution is 0.338. The first kappa shape index (κ1) is 7.97. The summed E-state index contributed by atoms with van der Waals surface area (Å²) in [6.45, 7) is 0. The molecule has 0 spiro atoms. The zero-order valence-corrected chi connectivity index (χ0v) is 8.02. The van der Waals surface area contributed by atoms with E-state index < -0.39 is 0 Å². The van der Waals surface area contributed by atoms with E-state index in [0.29, 0.717) is 0 Å². The summed E-state index contributed by atoms with van der Waals surface area (Å²) in [5.41, 5.74) is 0. The molecule has 2 saturated carbocycles. The summed E-state index contributed by atoms with van der Waals surface area (Å²) in [5, 5.41) is 0.740. The molecular formula is C10H18S. The molecule has 0 bridgehead atoms. The van der Waals surface area contributed by atoms with E-state index in [0.717, 1.165) is 17.1 Å². The van der Waals surface area contributed by atoms with E-state index in [1.807, 2.05) is 0 Å². The first-order valence-corrected chi connectivity index (χ1v) is 5.56. The average Bonchev–Trinajstić information content (AvgIpc) is 2.78. The highest BCUT2D eigenvalue weighted by atomic mass is 32.1. The third kappa shape index (κ3) is 2.14. The Labute approximate surface area is 75.2 Å². The maximum absolute atomic E-state index is 4.66. The van der Waals surface area contributed by atoms with Crippen molar-refractivity contribution in [3.63, 3.8) is 0 Å². The molecule has 1 heteroatoms. The predicted molar refractivity (Wildman–Crippen MR) is 52.1 cm³/mol. The lowest BCUT2D eigenvalue weighted by Crippen LogP contribution is -2.20. The SMILES string of the molecule is SC1CCCCC1CC1CC1. The van der Waals surface area contributed by atoms with Crippen LogP contribution in [0.15, 0.2) is 0 Å². The number of thiol groups is 1. The largest absolute Gasteiger partial charge is 0.176 e. The molecule has 2 aliphatic carbocycles. The van der Waals surface area contributed by atoms with Crippen LogP contribution in [0.3, 0.4) is 0 Å². The van der Waals surface area contributed by atoms with Gasteiger partial charge in [0, 0.05) is 5.25 Å². The van der Waals surface area contributed by atoms with Crippen molar-refractivity contribution in [1.82, 2.24) is 0 Å². The summed E-state index contributed by atoms with van der Waals surface area (Å²) >= 11 is 4.66. The topological polar surface area (TPSA) is 0 Å². The molecule has 0 heterocycles. The van der Waals surface area contributed by atoms with Crippen molar-refractivity contribution in [3.8, 4) is 0 Å². The van der Waals surface area contributed by atoms with Crippen LogP contribution in [-0.4, -0.2) is 5.25 Å². The first-order chi connectivity index (χ1) is 5.36. The Morgan fingerprint density at radius 2 is 1.73 bits per heavy atom. The minimum atomic E-state index is 0.740. The molecule has 64 valence electrons. The van der Waals surface area contributed by atoms with Gasteiger partial charge < -0.3 is 0 Å². The van der Waals surface area contributed by atoms with Gasteiger partial charge in [-0.2, -0.15) is 12.6 Å². The molecule has 2 aliphatic rings. The summed E-state index contributed by atoms with van der Waals surface area (Å²) in [5.74, 6) is 2.08. The lowest BCUT2D eigenvalue weighted by Gasteiger charge is -2.27. The van der Waals surface area contributed by atoms with Crippen molar-refractivity contribution in [2.24, 2.45) is 11.8 Å². The highest BCUT2D eigenvalue weighted by Crippen LogP contribution is 2.41. The quantitative estimate of drug-likeness (QED) is 0.604. The molecule has 0 aromatic carbocycles. The summed E-state index contributed by atoms with van der Waals surface area (Å²) in [7, 11) is 0. The van der Waals surface area contributed by atoms with Gasteiger partial charge in [0.1, 0.15) is 0 Å². The summed E-state index contributed by atoms with van der Waals surface area (Å²) in [6.07, 6.45) is 10.2. The van der Waals surface area contributed by atoms with Crippen LogP contribution in [0.2, 0.25) is 0 Å². The predicted octanol–water partition coefficient (Wildman–Crippen LogP) is 3.28. The highest BCUT2D eigenvalue weighted by Gasteiger charge is 2.29. The molecule has 2 fully saturated rings. The van der Waals surface area contributed by atoms with Crippen LogP contribution in [0, 0.1) is 11.8 Å². The van der Waals surface area contributed by atoms with Crippen LogP contribution in [0.1, 0.15) is 44.9 Å². The van der Waals surface area contributed by atoms with Crippen LogP contribution >= 0.6 is 12.6 Å². The Bertz CT molecular complexity index is 129. The van der Waals surface area contributed by atoms with E-state index in [1.54, 1.807) is 0 Å². The van der Waals surface area contributed by atoms with Gasteiger partial charge in [-0.15, -0.1) is 0 Å². The average molecular weight is 170 g/mol. The van der Waals surface area contributed by atoms with E-state index in [2.05, 4.69) is 12.6 Å². The van der Waals surface area contributed by atoms with Crippen molar-refractivity contribution in [3.05, 3.63) is 0 Å². The molecule has 0 aromatic rings. The van der Waals surface area contributed by atoms with Crippen LogP contribution in [-0.2, 0) is 0 Å². The summed E-state index contributed by atoms with van der Waals surface area (Å²) in [6, 6.07) is 0. The van der Waals surface area contributed by atoms with E-state index in [-0.39, 0.29) is 0 Å². The van der Waals surface area contributed by atoms with Gasteiger partial charge in [-0.25, -0.2) is 0 Å². The second-order valence-electron chi connectivity index (χ2n) is 4.29. The molecule has 2 atom stereocenters. The lowest BCUT2D eigenvalue weighted by atomic mass is 9.85. The zero-order chi connectivity index (χ0) is 7.68. The molecular weight excluding hydrogens is 152 g/mol. The maximum Gasteiger partial charge on any atom is 0.00451 e.